The summed E-state index contributed by atoms with van der Waals surface area (Å²) >= 11 is 6.29. The van der Waals surface area contributed by atoms with Crippen LogP contribution in [0, 0.1) is 0 Å². The second-order valence-electron chi connectivity index (χ2n) is 8.63. The number of anilines is 3. The molecule has 0 atom stereocenters. The van der Waals surface area contributed by atoms with Gasteiger partial charge in [-0.25, -0.2) is 4.90 Å². The van der Waals surface area contributed by atoms with E-state index >= 15 is 0 Å². The number of hydrogen-bond acceptors (Lipinski definition) is 6. The molecule has 0 unspecified atom stereocenters. The van der Waals surface area contributed by atoms with Crippen LogP contribution >= 0.6 is 11.6 Å². The van der Waals surface area contributed by atoms with Gasteiger partial charge in [0.15, 0.2) is 0 Å². The molecule has 196 valence electrons. The number of carbonyl (C=O) groups excluding carboxylic acids is 3. The predicted octanol–water partition coefficient (Wildman–Crippen LogP) is 5.73. The van der Waals surface area contributed by atoms with E-state index in [9.17, 15) is 14.4 Å². The summed E-state index contributed by atoms with van der Waals surface area (Å²) in [5, 5.41) is 5.51. The molecule has 0 aromatic heterocycles. The number of amides is 3. The fourth-order valence-electron chi connectivity index (χ4n) is 4.02. The fraction of sp³-hybridized carbons (Fsp3) is 0.207. The highest BCUT2D eigenvalue weighted by molar-refractivity contribution is 6.53. The number of nitrogens with zero attached hydrogens (tertiary/aromatic N) is 1. The summed E-state index contributed by atoms with van der Waals surface area (Å²) in [6.07, 6.45) is 3.24. The van der Waals surface area contributed by atoms with Gasteiger partial charge < -0.3 is 20.1 Å². The lowest BCUT2D eigenvalue weighted by Gasteiger charge is -2.18. The molecule has 1 heterocycles. The number of benzene rings is 3. The normalized spacial score (nSPS) is 13.1. The highest BCUT2D eigenvalue weighted by Gasteiger charge is 2.40. The number of carbonyl (C=O) groups is 3. The number of hydrogen-bond donors (Lipinski definition) is 2. The first kappa shape index (κ1) is 26.8. The van der Waals surface area contributed by atoms with Crippen molar-refractivity contribution in [3.05, 3.63) is 88.6 Å². The van der Waals surface area contributed by atoms with Crippen molar-refractivity contribution >= 4 is 46.4 Å². The largest absolute Gasteiger partial charge is 0.497 e. The number of ether oxygens (including phenoxy) is 2. The molecule has 38 heavy (non-hydrogen) atoms. The third-order valence-corrected chi connectivity index (χ3v) is 6.43. The molecule has 4 rings (SSSR count). The van der Waals surface area contributed by atoms with Crippen LogP contribution in [0.4, 0.5) is 17.1 Å². The Morgan fingerprint density at radius 3 is 2.37 bits per heavy atom. The molecule has 0 radical (unpaired) electrons. The topological polar surface area (TPSA) is 97.0 Å². The minimum Gasteiger partial charge on any atom is -0.497 e. The predicted molar refractivity (Wildman–Crippen MR) is 148 cm³/mol. The van der Waals surface area contributed by atoms with Crippen LogP contribution in [-0.4, -0.2) is 31.9 Å². The molecule has 0 bridgehead atoms. The lowest BCUT2D eigenvalue weighted by atomic mass is 10.1. The van der Waals surface area contributed by atoms with Crippen molar-refractivity contribution in [2.45, 2.75) is 26.2 Å². The van der Waals surface area contributed by atoms with Crippen LogP contribution < -0.4 is 25.0 Å². The van der Waals surface area contributed by atoms with Crippen LogP contribution in [0.15, 0.2) is 77.5 Å². The van der Waals surface area contributed by atoms with Crippen molar-refractivity contribution in [2.75, 3.05) is 29.8 Å². The van der Waals surface area contributed by atoms with Gasteiger partial charge >= 0.3 is 0 Å². The quantitative estimate of drug-likeness (QED) is 0.323. The van der Waals surface area contributed by atoms with Gasteiger partial charge in [-0.05, 0) is 60.9 Å². The van der Waals surface area contributed by atoms with Gasteiger partial charge in [-0.2, -0.15) is 0 Å². The fourth-order valence-corrected chi connectivity index (χ4v) is 4.23. The first-order valence-corrected chi connectivity index (χ1v) is 12.5. The van der Waals surface area contributed by atoms with Gasteiger partial charge in [0, 0.05) is 23.0 Å². The number of halogens is 1. The number of aryl methyl sites for hydroxylation is 1. The van der Waals surface area contributed by atoms with E-state index in [2.05, 4.69) is 17.6 Å². The number of imide groups is 1. The van der Waals surface area contributed by atoms with Gasteiger partial charge in [-0.1, -0.05) is 43.1 Å². The van der Waals surface area contributed by atoms with E-state index in [-0.39, 0.29) is 28.1 Å². The number of methoxy groups -OCH3 is 2. The van der Waals surface area contributed by atoms with E-state index in [0.717, 1.165) is 24.2 Å². The summed E-state index contributed by atoms with van der Waals surface area (Å²) in [5.74, 6) is -0.882. The Kier molecular flexibility index (Phi) is 8.33. The van der Waals surface area contributed by atoms with Gasteiger partial charge in [-0.3, -0.25) is 14.4 Å². The second kappa shape index (κ2) is 11.8. The summed E-state index contributed by atoms with van der Waals surface area (Å²) in [7, 11) is 2.93. The third kappa shape index (κ3) is 5.65. The molecular weight excluding hydrogens is 506 g/mol. The average molecular weight is 534 g/mol. The zero-order valence-electron chi connectivity index (χ0n) is 21.3. The maximum absolute atomic E-state index is 13.2. The smallest absolute Gasteiger partial charge is 0.283 e. The van der Waals surface area contributed by atoms with Crippen LogP contribution in [0.3, 0.4) is 0 Å². The van der Waals surface area contributed by atoms with E-state index in [4.69, 9.17) is 21.1 Å². The lowest BCUT2D eigenvalue weighted by molar-refractivity contribution is -0.120. The van der Waals surface area contributed by atoms with Crippen molar-refractivity contribution in [1.29, 1.82) is 0 Å². The first-order valence-electron chi connectivity index (χ1n) is 12.1. The molecule has 3 aromatic rings. The van der Waals surface area contributed by atoms with Crippen molar-refractivity contribution in [2.24, 2.45) is 0 Å². The number of nitrogens with one attached hydrogen (secondary N) is 2. The van der Waals surface area contributed by atoms with Gasteiger partial charge in [0.25, 0.3) is 17.7 Å². The second-order valence-corrected chi connectivity index (χ2v) is 9.01. The van der Waals surface area contributed by atoms with Crippen molar-refractivity contribution in [1.82, 2.24) is 0 Å². The summed E-state index contributed by atoms with van der Waals surface area (Å²) in [4.78, 5) is 40.0. The first-order chi connectivity index (χ1) is 18.4. The molecule has 9 heteroatoms. The third-order valence-electron chi connectivity index (χ3n) is 6.08. The molecule has 3 aromatic carbocycles. The molecule has 8 nitrogen and oxygen atoms in total. The van der Waals surface area contributed by atoms with Crippen LogP contribution in [0.25, 0.3) is 0 Å². The minimum absolute atomic E-state index is 0.102. The standard InChI is InChI=1S/C29H28ClN3O5/c1-4-5-7-18-10-12-20(13-11-18)32-27(34)19-8-6-9-21(16-19)31-26-25(30)28(35)33(29(26)36)23-15-14-22(37-2)17-24(23)38-3/h6,8-17,31H,4-5,7H2,1-3H3,(H,32,34). The number of unbranched alkanes of at least 4 members (excludes halogenated alkanes) is 1. The van der Waals surface area contributed by atoms with E-state index in [1.54, 1.807) is 42.5 Å². The van der Waals surface area contributed by atoms with Crippen LogP contribution in [0.5, 0.6) is 11.5 Å². The Morgan fingerprint density at radius 2 is 1.68 bits per heavy atom. The van der Waals surface area contributed by atoms with Crippen LogP contribution in [-0.2, 0) is 16.0 Å². The van der Waals surface area contributed by atoms with Gasteiger partial charge in [-0.15, -0.1) is 0 Å². The molecule has 1 aliphatic rings. The van der Waals surface area contributed by atoms with Crippen LogP contribution in [0.1, 0.15) is 35.7 Å². The monoisotopic (exact) mass is 533 g/mol. The van der Waals surface area contributed by atoms with Gasteiger partial charge in [0.05, 0.1) is 19.9 Å². The van der Waals surface area contributed by atoms with Crippen molar-refractivity contribution < 1.29 is 23.9 Å². The zero-order chi connectivity index (χ0) is 27.2. The lowest BCUT2D eigenvalue weighted by Crippen LogP contribution is -2.32. The molecule has 0 aliphatic carbocycles. The SMILES string of the molecule is CCCCc1ccc(NC(=O)c2cccc(NC3=C(Cl)C(=O)N(c4ccc(OC)cc4OC)C3=O)c2)cc1. The minimum atomic E-state index is -0.695. The average Bonchev–Trinajstić information content (AvgIpc) is 3.15. The molecular formula is C29H28ClN3O5. The number of rotatable bonds is 10. The Hall–Kier alpha value is -4.30. The summed E-state index contributed by atoms with van der Waals surface area (Å²) < 4.78 is 10.5. The Balaban J connectivity index is 1.50. The Bertz CT molecular complexity index is 1400. The van der Waals surface area contributed by atoms with Gasteiger partial charge in [0.1, 0.15) is 22.2 Å². The van der Waals surface area contributed by atoms with Crippen molar-refractivity contribution in [3.63, 3.8) is 0 Å². The molecule has 0 spiro atoms. The molecule has 0 fully saturated rings. The van der Waals surface area contributed by atoms with E-state index in [1.165, 1.54) is 19.8 Å². The summed E-state index contributed by atoms with van der Waals surface area (Å²) in [6.45, 7) is 2.15. The van der Waals surface area contributed by atoms with E-state index in [0.29, 0.717) is 22.7 Å². The highest BCUT2D eigenvalue weighted by atomic mass is 35.5. The van der Waals surface area contributed by atoms with Crippen LogP contribution in [0.2, 0.25) is 0 Å². The molecule has 3 amide bonds. The maximum atomic E-state index is 13.2. The summed E-state index contributed by atoms with van der Waals surface area (Å²) in [5.41, 5.74) is 2.82. The van der Waals surface area contributed by atoms with Gasteiger partial charge in [0.2, 0.25) is 0 Å². The summed E-state index contributed by atoms with van der Waals surface area (Å²) in [6, 6.07) is 19.1. The van der Waals surface area contributed by atoms with E-state index in [1.807, 2.05) is 24.3 Å². The molecule has 0 saturated carbocycles. The maximum Gasteiger partial charge on any atom is 0.283 e. The zero-order valence-corrected chi connectivity index (χ0v) is 22.1. The molecule has 1 aliphatic heterocycles. The molecule has 2 N–H and O–H groups in total. The Morgan fingerprint density at radius 1 is 0.921 bits per heavy atom. The highest BCUT2D eigenvalue weighted by Crippen LogP contribution is 2.37. The van der Waals surface area contributed by atoms with Crippen molar-refractivity contribution in [3.8, 4) is 11.5 Å². The Labute approximate surface area is 226 Å². The molecule has 0 saturated heterocycles. The van der Waals surface area contributed by atoms with E-state index < -0.39 is 11.8 Å².